The van der Waals surface area contributed by atoms with Gasteiger partial charge in [0, 0.05) is 5.56 Å². The van der Waals surface area contributed by atoms with Crippen molar-refractivity contribution in [2.45, 2.75) is 85.0 Å². The molecule has 0 aliphatic heterocycles. The second-order valence-corrected chi connectivity index (χ2v) is 12.1. The lowest BCUT2D eigenvalue weighted by Crippen LogP contribution is -2.54. The Balaban J connectivity index is 1.34. The van der Waals surface area contributed by atoms with Crippen LogP contribution >= 0.6 is 0 Å². The molecule has 31 heavy (non-hydrogen) atoms. The number of aldehydes is 1. The quantitative estimate of drug-likeness (QED) is 0.356. The van der Waals surface area contributed by atoms with Crippen LogP contribution in [0.25, 0.3) is 5.57 Å². The smallest absolute Gasteiger partial charge is 0.150 e. The Morgan fingerprint density at radius 3 is 2.52 bits per heavy atom. The average molecular weight is 417 g/mol. The zero-order chi connectivity index (χ0) is 21.9. The molecule has 3 saturated carbocycles. The Bertz CT molecular complexity index is 907. The van der Waals surface area contributed by atoms with Crippen LogP contribution in [-0.2, 0) is 0 Å². The number of allylic oxidation sites excluding steroid dienone is 3. The lowest BCUT2D eigenvalue weighted by Gasteiger charge is -2.62. The summed E-state index contributed by atoms with van der Waals surface area (Å²) in [6.45, 7) is 12.3. The van der Waals surface area contributed by atoms with Crippen LogP contribution < -0.4 is 0 Å². The molecule has 1 aromatic carbocycles. The molecule has 0 bridgehead atoms. The van der Waals surface area contributed by atoms with Crippen LogP contribution in [0.2, 0.25) is 0 Å². The maximum atomic E-state index is 10.9. The molecule has 0 amide bonds. The maximum Gasteiger partial charge on any atom is 0.150 e. The van der Waals surface area contributed by atoms with Gasteiger partial charge in [0.25, 0.3) is 0 Å². The fourth-order valence-corrected chi connectivity index (χ4v) is 8.58. The van der Waals surface area contributed by atoms with E-state index in [1.807, 2.05) is 12.1 Å². The Hall–Kier alpha value is -1.63. The lowest BCUT2D eigenvalue weighted by atomic mass is 9.42. The molecule has 4 aliphatic rings. The summed E-state index contributed by atoms with van der Waals surface area (Å²) in [6.07, 6.45) is 17.3. The highest BCUT2D eigenvalue weighted by Gasteiger charge is 2.61. The molecule has 6 atom stereocenters. The van der Waals surface area contributed by atoms with Crippen molar-refractivity contribution in [2.24, 2.45) is 34.0 Å². The molecule has 0 aromatic heterocycles. The minimum absolute atomic E-state index is 0.430. The molecular weight excluding hydrogens is 376 g/mol. The van der Waals surface area contributed by atoms with Gasteiger partial charge in [-0.1, -0.05) is 69.7 Å². The van der Waals surface area contributed by atoms with E-state index >= 15 is 0 Å². The SMILES string of the molecule is C=C(CC1C=C2CCC3C(CCC4(C)CCCC34C)C2(C)CC1)c1ccc(C=O)cc1. The van der Waals surface area contributed by atoms with Crippen molar-refractivity contribution in [1.82, 2.24) is 0 Å². The van der Waals surface area contributed by atoms with Gasteiger partial charge in [0.05, 0.1) is 0 Å². The second-order valence-electron chi connectivity index (χ2n) is 12.1. The number of hydrogen-bond donors (Lipinski definition) is 0. The molecular formula is C30H40O. The first-order valence-corrected chi connectivity index (χ1v) is 12.7. The van der Waals surface area contributed by atoms with Crippen LogP contribution in [0.1, 0.15) is 101 Å². The second kappa shape index (κ2) is 7.46. The summed E-state index contributed by atoms with van der Waals surface area (Å²) in [6, 6.07) is 7.93. The highest BCUT2D eigenvalue weighted by atomic mass is 16.1. The molecule has 0 spiro atoms. The van der Waals surface area contributed by atoms with E-state index in [1.54, 1.807) is 5.57 Å². The number of carbonyl (C=O) groups excluding carboxylic acids is 1. The first kappa shape index (κ1) is 21.2. The van der Waals surface area contributed by atoms with E-state index in [2.05, 4.69) is 45.6 Å². The van der Waals surface area contributed by atoms with E-state index in [9.17, 15) is 4.79 Å². The number of rotatable bonds is 4. The predicted octanol–water partition coefficient (Wildman–Crippen LogP) is 8.26. The number of carbonyl (C=O) groups is 1. The molecule has 6 unspecified atom stereocenters. The maximum absolute atomic E-state index is 10.9. The van der Waals surface area contributed by atoms with Gasteiger partial charge in [-0.3, -0.25) is 4.79 Å². The summed E-state index contributed by atoms with van der Waals surface area (Å²) in [7, 11) is 0. The van der Waals surface area contributed by atoms with E-state index in [-0.39, 0.29) is 0 Å². The van der Waals surface area contributed by atoms with Gasteiger partial charge in [0.1, 0.15) is 6.29 Å². The Labute approximate surface area is 189 Å². The Morgan fingerprint density at radius 1 is 1.00 bits per heavy atom. The van der Waals surface area contributed by atoms with Gasteiger partial charge in [-0.2, -0.15) is 0 Å². The van der Waals surface area contributed by atoms with Gasteiger partial charge in [-0.05, 0) is 103 Å². The van der Waals surface area contributed by atoms with Crippen LogP contribution in [0, 0.1) is 34.0 Å². The van der Waals surface area contributed by atoms with Gasteiger partial charge in [-0.15, -0.1) is 0 Å². The lowest BCUT2D eigenvalue weighted by molar-refractivity contribution is -0.0988. The summed E-state index contributed by atoms with van der Waals surface area (Å²) >= 11 is 0. The first-order chi connectivity index (χ1) is 14.8. The third-order valence-electron chi connectivity index (χ3n) is 10.8. The van der Waals surface area contributed by atoms with Crippen molar-refractivity contribution in [3.63, 3.8) is 0 Å². The van der Waals surface area contributed by atoms with E-state index in [0.29, 0.717) is 22.2 Å². The molecule has 166 valence electrons. The van der Waals surface area contributed by atoms with E-state index in [0.717, 1.165) is 30.1 Å². The number of benzene rings is 1. The zero-order valence-corrected chi connectivity index (χ0v) is 19.9. The van der Waals surface area contributed by atoms with Crippen molar-refractivity contribution in [2.75, 3.05) is 0 Å². The van der Waals surface area contributed by atoms with Crippen LogP contribution in [0.5, 0.6) is 0 Å². The largest absolute Gasteiger partial charge is 0.298 e. The van der Waals surface area contributed by atoms with Crippen molar-refractivity contribution in [3.05, 3.63) is 53.6 Å². The molecule has 3 fully saturated rings. The number of fused-ring (bicyclic) bond motifs is 5. The first-order valence-electron chi connectivity index (χ1n) is 12.7. The summed E-state index contributed by atoms with van der Waals surface area (Å²) in [5.74, 6) is 2.44. The van der Waals surface area contributed by atoms with Crippen LogP contribution in [0.15, 0.2) is 42.5 Å². The minimum atomic E-state index is 0.430. The van der Waals surface area contributed by atoms with Gasteiger partial charge in [-0.25, -0.2) is 0 Å². The molecule has 4 aliphatic carbocycles. The molecule has 0 radical (unpaired) electrons. The van der Waals surface area contributed by atoms with Gasteiger partial charge >= 0.3 is 0 Å². The highest BCUT2D eigenvalue weighted by Crippen LogP contribution is 2.70. The van der Waals surface area contributed by atoms with Crippen LogP contribution in [0.4, 0.5) is 0 Å². The standard InChI is InChI=1S/C30H40O/c1-21(24-8-6-22(20-31)7-9-24)18-23-12-17-29(3)25(19-23)10-11-27-26(29)13-16-28(2)14-5-15-30(27,28)4/h6-9,19-20,23,26-27H,1,5,10-18H2,2-4H3. The summed E-state index contributed by atoms with van der Waals surface area (Å²) in [4.78, 5) is 10.9. The Morgan fingerprint density at radius 2 is 1.77 bits per heavy atom. The highest BCUT2D eigenvalue weighted by molar-refractivity contribution is 5.76. The topological polar surface area (TPSA) is 17.1 Å². The third-order valence-corrected chi connectivity index (χ3v) is 10.8. The molecule has 5 rings (SSSR count). The van der Waals surface area contributed by atoms with E-state index in [4.69, 9.17) is 0 Å². The molecule has 0 saturated heterocycles. The fraction of sp³-hybridized carbons (Fsp3) is 0.633. The zero-order valence-electron chi connectivity index (χ0n) is 19.9. The summed E-state index contributed by atoms with van der Waals surface area (Å²) < 4.78 is 0. The van der Waals surface area contributed by atoms with E-state index < -0.39 is 0 Å². The normalized spacial score (nSPS) is 41.5. The fourth-order valence-electron chi connectivity index (χ4n) is 8.58. The number of hydrogen-bond acceptors (Lipinski definition) is 1. The summed E-state index contributed by atoms with van der Waals surface area (Å²) in [5, 5.41) is 0. The van der Waals surface area contributed by atoms with Crippen molar-refractivity contribution < 1.29 is 4.79 Å². The monoisotopic (exact) mass is 416 g/mol. The molecule has 1 nitrogen and oxygen atoms in total. The molecule has 1 heteroatoms. The molecule has 0 heterocycles. The van der Waals surface area contributed by atoms with Crippen molar-refractivity contribution in [3.8, 4) is 0 Å². The van der Waals surface area contributed by atoms with Crippen LogP contribution in [-0.4, -0.2) is 6.29 Å². The van der Waals surface area contributed by atoms with Gasteiger partial charge in [0.15, 0.2) is 0 Å². The van der Waals surface area contributed by atoms with Crippen molar-refractivity contribution in [1.29, 1.82) is 0 Å². The van der Waals surface area contributed by atoms with Gasteiger partial charge in [0.2, 0.25) is 0 Å². The molecule has 1 aromatic rings. The minimum Gasteiger partial charge on any atom is -0.298 e. The third kappa shape index (κ3) is 3.21. The Kier molecular flexibility index (Phi) is 5.11. The van der Waals surface area contributed by atoms with Crippen LogP contribution in [0.3, 0.4) is 0 Å². The summed E-state index contributed by atoms with van der Waals surface area (Å²) in [5.41, 5.74) is 6.51. The van der Waals surface area contributed by atoms with Crippen molar-refractivity contribution >= 4 is 11.9 Å². The van der Waals surface area contributed by atoms with E-state index in [1.165, 1.54) is 68.9 Å². The average Bonchev–Trinajstić information content (AvgIpc) is 3.09. The van der Waals surface area contributed by atoms with Gasteiger partial charge < -0.3 is 0 Å². The molecule has 0 N–H and O–H groups in total. The predicted molar refractivity (Wildman–Crippen MR) is 130 cm³/mol.